The van der Waals surface area contributed by atoms with Crippen molar-refractivity contribution in [1.82, 2.24) is 9.80 Å². The molecule has 0 unspecified atom stereocenters. The number of carbonyl (C=O) groups is 1. The molecule has 1 aliphatic rings. The number of hydrogen-bond acceptors (Lipinski definition) is 4. The van der Waals surface area contributed by atoms with Crippen molar-refractivity contribution >= 4 is 21.6 Å². The predicted octanol–water partition coefficient (Wildman–Crippen LogP) is 4.47. The highest BCUT2D eigenvalue weighted by Gasteiger charge is 2.36. The van der Waals surface area contributed by atoms with Gasteiger partial charge in [0.05, 0.1) is 18.0 Å². The summed E-state index contributed by atoms with van der Waals surface area (Å²) < 4.78 is 26.9. The van der Waals surface area contributed by atoms with Crippen molar-refractivity contribution in [3.63, 3.8) is 0 Å². The van der Waals surface area contributed by atoms with E-state index in [4.69, 9.17) is 0 Å². The Bertz CT molecular complexity index is 1200. The lowest BCUT2D eigenvalue weighted by molar-refractivity contribution is -0.134. The Hall–Kier alpha value is -3.16. The van der Waals surface area contributed by atoms with Gasteiger partial charge in [-0.05, 0) is 36.6 Å². The van der Waals surface area contributed by atoms with Gasteiger partial charge >= 0.3 is 0 Å². The van der Waals surface area contributed by atoms with Gasteiger partial charge in [0.2, 0.25) is 15.9 Å². The van der Waals surface area contributed by atoms with E-state index in [1.807, 2.05) is 43.0 Å². The molecule has 190 valence electrons. The van der Waals surface area contributed by atoms with Gasteiger partial charge in [0.1, 0.15) is 6.04 Å². The van der Waals surface area contributed by atoms with Crippen LogP contribution in [0.25, 0.3) is 0 Å². The zero-order valence-corrected chi connectivity index (χ0v) is 22.1. The Morgan fingerprint density at radius 1 is 0.833 bits per heavy atom. The number of hydrogen-bond donors (Lipinski definition) is 0. The third-order valence-corrected chi connectivity index (χ3v) is 8.00. The average molecular weight is 506 g/mol. The van der Waals surface area contributed by atoms with Gasteiger partial charge in [0.25, 0.3) is 0 Å². The molecule has 0 aromatic heterocycles. The molecule has 7 heteroatoms. The van der Waals surface area contributed by atoms with E-state index in [0.29, 0.717) is 38.3 Å². The first kappa shape index (κ1) is 25.9. The molecule has 36 heavy (non-hydrogen) atoms. The second kappa shape index (κ2) is 11.3. The van der Waals surface area contributed by atoms with Crippen LogP contribution in [0.5, 0.6) is 0 Å². The van der Waals surface area contributed by atoms with Crippen LogP contribution in [-0.4, -0.2) is 62.6 Å². The van der Waals surface area contributed by atoms with Crippen LogP contribution in [0.3, 0.4) is 0 Å². The minimum atomic E-state index is -3.65. The van der Waals surface area contributed by atoms with E-state index in [9.17, 15) is 13.2 Å². The molecule has 1 atom stereocenters. The zero-order valence-electron chi connectivity index (χ0n) is 21.2. The minimum absolute atomic E-state index is 0.103. The number of carbonyl (C=O) groups excluding carboxylic acids is 1. The summed E-state index contributed by atoms with van der Waals surface area (Å²) in [6.07, 6.45) is 1.57. The van der Waals surface area contributed by atoms with E-state index in [0.717, 1.165) is 5.56 Å². The quantitative estimate of drug-likeness (QED) is 0.453. The van der Waals surface area contributed by atoms with E-state index < -0.39 is 16.1 Å². The normalized spacial score (nSPS) is 15.6. The molecular weight excluding hydrogens is 470 g/mol. The Labute approximate surface area is 215 Å². The lowest BCUT2D eigenvalue weighted by Crippen LogP contribution is -2.56. The van der Waals surface area contributed by atoms with Crippen molar-refractivity contribution in [3.8, 4) is 0 Å². The molecule has 0 radical (unpaired) electrons. The maximum atomic E-state index is 13.7. The Kier molecular flexibility index (Phi) is 8.11. The van der Waals surface area contributed by atoms with E-state index in [1.54, 1.807) is 12.1 Å². The lowest BCUT2D eigenvalue weighted by atomic mass is 9.96. The third-order valence-electron chi connectivity index (χ3n) is 6.82. The molecule has 0 bridgehead atoms. The largest absolute Gasteiger partial charge is 0.338 e. The monoisotopic (exact) mass is 505 g/mol. The second-order valence-electron chi connectivity index (χ2n) is 9.40. The van der Waals surface area contributed by atoms with Crippen LogP contribution in [0, 0.1) is 6.92 Å². The molecule has 1 amide bonds. The SMILES string of the molecule is CC[C@@H](C(=O)N1CCN(C(c2ccccc2)c2ccccc2)CC1)N(c1ccc(C)cc1)S(C)(=O)=O. The summed E-state index contributed by atoms with van der Waals surface area (Å²) in [6, 6.07) is 27.5. The maximum Gasteiger partial charge on any atom is 0.246 e. The average Bonchev–Trinajstić information content (AvgIpc) is 2.89. The van der Waals surface area contributed by atoms with Gasteiger partial charge in [-0.1, -0.05) is 85.3 Å². The molecule has 0 aliphatic carbocycles. The second-order valence-corrected chi connectivity index (χ2v) is 11.3. The predicted molar refractivity (Wildman–Crippen MR) is 145 cm³/mol. The summed E-state index contributed by atoms with van der Waals surface area (Å²) in [7, 11) is -3.65. The van der Waals surface area contributed by atoms with E-state index in [1.165, 1.54) is 21.7 Å². The van der Waals surface area contributed by atoms with Crippen molar-refractivity contribution in [1.29, 1.82) is 0 Å². The first-order chi connectivity index (χ1) is 17.3. The van der Waals surface area contributed by atoms with Crippen LogP contribution in [0.4, 0.5) is 5.69 Å². The smallest absolute Gasteiger partial charge is 0.246 e. The highest BCUT2D eigenvalue weighted by molar-refractivity contribution is 7.92. The number of amides is 1. The standard InChI is InChI=1S/C29H35N3O3S/c1-4-27(32(36(3,34)35)26-17-15-23(2)16-18-26)29(33)31-21-19-30(20-22-31)28(24-11-7-5-8-12-24)25-13-9-6-10-14-25/h5-18,27-28H,4,19-22H2,1-3H3/t27-/m0/s1. The molecule has 0 N–H and O–H groups in total. The topological polar surface area (TPSA) is 60.9 Å². The molecule has 1 saturated heterocycles. The molecule has 3 aromatic rings. The van der Waals surface area contributed by atoms with Crippen LogP contribution in [0.15, 0.2) is 84.9 Å². The highest BCUT2D eigenvalue weighted by Crippen LogP contribution is 2.30. The van der Waals surface area contributed by atoms with Crippen molar-refractivity contribution in [2.75, 3.05) is 36.7 Å². The van der Waals surface area contributed by atoms with Gasteiger partial charge in [-0.2, -0.15) is 0 Å². The molecule has 0 saturated carbocycles. The first-order valence-corrected chi connectivity index (χ1v) is 14.3. The molecule has 1 fully saturated rings. The molecule has 1 aliphatic heterocycles. The first-order valence-electron chi connectivity index (χ1n) is 12.5. The number of sulfonamides is 1. The van der Waals surface area contributed by atoms with E-state index in [2.05, 4.69) is 53.4 Å². The van der Waals surface area contributed by atoms with Gasteiger partial charge < -0.3 is 4.90 Å². The van der Waals surface area contributed by atoms with Crippen LogP contribution in [0.1, 0.15) is 36.1 Å². The van der Waals surface area contributed by atoms with Gasteiger partial charge in [-0.3, -0.25) is 14.0 Å². The van der Waals surface area contributed by atoms with Gasteiger partial charge in [-0.25, -0.2) is 8.42 Å². The summed E-state index contributed by atoms with van der Waals surface area (Å²) in [4.78, 5) is 17.9. The fraction of sp³-hybridized carbons (Fsp3) is 0.345. The van der Waals surface area contributed by atoms with Crippen LogP contribution in [-0.2, 0) is 14.8 Å². The fourth-order valence-electron chi connectivity index (χ4n) is 5.03. The minimum Gasteiger partial charge on any atom is -0.338 e. The zero-order chi connectivity index (χ0) is 25.7. The molecule has 0 spiro atoms. The molecule has 3 aromatic carbocycles. The lowest BCUT2D eigenvalue weighted by Gasteiger charge is -2.42. The molecule has 1 heterocycles. The van der Waals surface area contributed by atoms with E-state index in [-0.39, 0.29) is 11.9 Å². The fourth-order valence-corrected chi connectivity index (χ4v) is 6.24. The summed E-state index contributed by atoms with van der Waals surface area (Å²) in [5, 5.41) is 0. The molecule has 4 rings (SSSR count). The number of rotatable bonds is 8. The number of anilines is 1. The van der Waals surface area contributed by atoms with Gasteiger partial charge in [-0.15, -0.1) is 0 Å². The summed E-state index contributed by atoms with van der Waals surface area (Å²) >= 11 is 0. The number of benzene rings is 3. The molecule has 6 nitrogen and oxygen atoms in total. The molecular formula is C29H35N3O3S. The van der Waals surface area contributed by atoms with Crippen LogP contribution >= 0.6 is 0 Å². The Balaban J connectivity index is 1.53. The highest BCUT2D eigenvalue weighted by atomic mass is 32.2. The van der Waals surface area contributed by atoms with E-state index >= 15 is 0 Å². The van der Waals surface area contributed by atoms with Crippen molar-refractivity contribution in [3.05, 3.63) is 102 Å². The Morgan fingerprint density at radius 3 is 1.78 bits per heavy atom. The Morgan fingerprint density at radius 2 is 1.33 bits per heavy atom. The van der Waals surface area contributed by atoms with Gasteiger partial charge in [0.15, 0.2) is 0 Å². The summed E-state index contributed by atoms with van der Waals surface area (Å²) in [6.45, 7) is 6.34. The maximum absolute atomic E-state index is 13.7. The van der Waals surface area contributed by atoms with Crippen LogP contribution in [0.2, 0.25) is 0 Å². The summed E-state index contributed by atoms with van der Waals surface area (Å²) in [5.41, 5.74) is 4.00. The number of piperazine rings is 1. The third kappa shape index (κ3) is 5.79. The van der Waals surface area contributed by atoms with Crippen molar-refractivity contribution < 1.29 is 13.2 Å². The van der Waals surface area contributed by atoms with Crippen LogP contribution < -0.4 is 4.31 Å². The number of aryl methyl sites for hydroxylation is 1. The number of nitrogens with zero attached hydrogens (tertiary/aromatic N) is 3. The van der Waals surface area contributed by atoms with Crippen molar-refractivity contribution in [2.45, 2.75) is 32.4 Å². The van der Waals surface area contributed by atoms with Gasteiger partial charge in [0, 0.05) is 26.2 Å². The summed E-state index contributed by atoms with van der Waals surface area (Å²) in [5.74, 6) is -0.140. The van der Waals surface area contributed by atoms with Crippen molar-refractivity contribution in [2.24, 2.45) is 0 Å².